The summed E-state index contributed by atoms with van der Waals surface area (Å²) in [5.74, 6) is -0.346. The normalized spacial score (nSPS) is 12.4. The Labute approximate surface area is 118 Å². The van der Waals surface area contributed by atoms with Gasteiger partial charge in [-0.05, 0) is 26.8 Å². The highest BCUT2D eigenvalue weighted by molar-refractivity contribution is 6.29. The lowest BCUT2D eigenvalue weighted by atomic mass is 10.3. The molecule has 1 amide bonds. The Morgan fingerprint density at radius 3 is 2.84 bits per heavy atom. The molecule has 19 heavy (non-hydrogen) atoms. The van der Waals surface area contributed by atoms with Gasteiger partial charge in [0.15, 0.2) is 0 Å². The quantitative estimate of drug-likeness (QED) is 0.814. The van der Waals surface area contributed by atoms with Gasteiger partial charge in [-0.1, -0.05) is 16.8 Å². The number of carbonyl (C=O) groups is 1. The number of hydrogen-bond donors (Lipinski definition) is 1. The summed E-state index contributed by atoms with van der Waals surface area (Å²) in [5, 5.41) is 8.79. The Morgan fingerprint density at radius 1 is 1.63 bits per heavy atom. The van der Waals surface area contributed by atoms with Crippen LogP contribution in [-0.4, -0.2) is 38.4 Å². The van der Waals surface area contributed by atoms with E-state index in [1.165, 1.54) is 0 Å². The molecule has 1 heterocycles. The molecule has 0 fully saturated rings. The van der Waals surface area contributed by atoms with E-state index in [-0.39, 0.29) is 18.5 Å². The van der Waals surface area contributed by atoms with Gasteiger partial charge >= 0.3 is 0 Å². The summed E-state index contributed by atoms with van der Waals surface area (Å²) in [4.78, 5) is 12.9. The molecule has 0 saturated carbocycles. The van der Waals surface area contributed by atoms with Crippen LogP contribution in [0, 0.1) is 0 Å². The first-order chi connectivity index (χ1) is 8.88. The number of aromatic nitrogens is 3. The van der Waals surface area contributed by atoms with E-state index in [1.54, 1.807) is 4.68 Å². The van der Waals surface area contributed by atoms with Crippen LogP contribution in [0.1, 0.15) is 26.5 Å². The molecule has 106 valence electrons. The van der Waals surface area contributed by atoms with E-state index in [1.807, 2.05) is 37.9 Å². The molecule has 6 nitrogen and oxygen atoms in total. The number of amides is 1. The number of primary amides is 1. The first-order valence-corrected chi connectivity index (χ1v) is 6.50. The maximum Gasteiger partial charge on any atom is 0.231 e. The topological polar surface area (TPSA) is 77.0 Å². The van der Waals surface area contributed by atoms with Crippen LogP contribution >= 0.6 is 11.6 Å². The van der Waals surface area contributed by atoms with E-state index in [0.717, 1.165) is 10.7 Å². The predicted molar refractivity (Wildman–Crippen MR) is 74.4 cm³/mol. The molecular formula is C12H20ClN5O. The standard InChI is InChI=1S/C12H20ClN5O/c1-9(2)17(8-12(14)19)6-11-7-18(16-15-11)5-4-10(3)13/h4,7,9H,5-6,8H2,1-3H3,(H2,14,19)/b10-4-. The lowest BCUT2D eigenvalue weighted by molar-refractivity contribution is -0.119. The molecule has 0 unspecified atom stereocenters. The molecule has 0 saturated heterocycles. The minimum atomic E-state index is -0.346. The Balaban J connectivity index is 2.65. The monoisotopic (exact) mass is 285 g/mol. The van der Waals surface area contributed by atoms with Gasteiger partial charge in [-0.2, -0.15) is 0 Å². The number of allylic oxidation sites excluding steroid dienone is 2. The Bertz CT molecular complexity index is 451. The zero-order chi connectivity index (χ0) is 14.4. The number of carbonyl (C=O) groups excluding carboxylic acids is 1. The maximum atomic E-state index is 11.0. The summed E-state index contributed by atoms with van der Waals surface area (Å²) in [6.45, 7) is 7.17. The number of nitrogens with zero attached hydrogens (tertiary/aromatic N) is 4. The molecule has 0 aromatic carbocycles. The van der Waals surface area contributed by atoms with Crippen molar-refractivity contribution in [3.63, 3.8) is 0 Å². The Morgan fingerprint density at radius 2 is 2.32 bits per heavy atom. The first kappa shape index (κ1) is 15.7. The lowest BCUT2D eigenvalue weighted by Gasteiger charge is -2.23. The van der Waals surface area contributed by atoms with E-state index >= 15 is 0 Å². The van der Waals surface area contributed by atoms with Gasteiger partial charge in [0.1, 0.15) is 0 Å². The summed E-state index contributed by atoms with van der Waals surface area (Å²) < 4.78 is 1.70. The highest BCUT2D eigenvalue weighted by Gasteiger charge is 2.14. The molecule has 0 aliphatic heterocycles. The smallest absolute Gasteiger partial charge is 0.231 e. The number of hydrogen-bond acceptors (Lipinski definition) is 4. The maximum absolute atomic E-state index is 11.0. The molecule has 1 rings (SSSR count). The molecule has 1 aromatic heterocycles. The van der Waals surface area contributed by atoms with Gasteiger partial charge in [-0.25, -0.2) is 4.68 Å². The molecule has 7 heteroatoms. The van der Waals surface area contributed by atoms with Crippen molar-refractivity contribution >= 4 is 17.5 Å². The van der Waals surface area contributed by atoms with E-state index in [9.17, 15) is 4.79 Å². The van der Waals surface area contributed by atoms with Crippen LogP contribution in [0.25, 0.3) is 0 Å². The minimum absolute atomic E-state index is 0.211. The predicted octanol–water partition coefficient (Wildman–Crippen LogP) is 1.12. The zero-order valence-corrected chi connectivity index (χ0v) is 12.3. The van der Waals surface area contributed by atoms with Crippen LogP contribution in [0.4, 0.5) is 0 Å². The van der Waals surface area contributed by atoms with Gasteiger partial charge < -0.3 is 5.73 Å². The summed E-state index contributed by atoms with van der Waals surface area (Å²) in [5.41, 5.74) is 6.03. The van der Waals surface area contributed by atoms with Crippen molar-refractivity contribution < 1.29 is 4.79 Å². The van der Waals surface area contributed by atoms with Crippen LogP contribution in [0.2, 0.25) is 0 Å². The van der Waals surface area contributed by atoms with Gasteiger partial charge in [0, 0.05) is 17.6 Å². The average Bonchev–Trinajstić information content (AvgIpc) is 2.72. The van der Waals surface area contributed by atoms with Gasteiger partial charge in [-0.3, -0.25) is 9.69 Å². The molecule has 0 aliphatic rings. The van der Waals surface area contributed by atoms with Crippen molar-refractivity contribution in [3.8, 4) is 0 Å². The third-order valence-electron chi connectivity index (χ3n) is 2.60. The Kier molecular flexibility index (Phi) is 5.98. The third-order valence-corrected chi connectivity index (χ3v) is 2.75. The fourth-order valence-corrected chi connectivity index (χ4v) is 1.62. The second kappa shape index (κ2) is 7.25. The third kappa shape index (κ3) is 5.85. The largest absolute Gasteiger partial charge is 0.369 e. The highest BCUT2D eigenvalue weighted by atomic mass is 35.5. The molecule has 0 atom stereocenters. The molecule has 0 radical (unpaired) electrons. The number of rotatable bonds is 7. The summed E-state index contributed by atoms with van der Waals surface area (Å²) in [6, 6.07) is 0.211. The fourth-order valence-electron chi connectivity index (χ4n) is 1.55. The minimum Gasteiger partial charge on any atom is -0.369 e. The van der Waals surface area contributed by atoms with Crippen molar-refractivity contribution in [1.29, 1.82) is 0 Å². The molecular weight excluding hydrogens is 266 g/mol. The van der Waals surface area contributed by atoms with Crippen molar-refractivity contribution in [2.24, 2.45) is 5.73 Å². The van der Waals surface area contributed by atoms with Crippen LogP contribution in [0.3, 0.4) is 0 Å². The van der Waals surface area contributed by atoms with Crippen LogP contribution in [0.15, 0.2) is 17.3 Å². The molecule has 2 N–H and O–H groups in total. The van der Waals surface area contributed by atoms with Crippen molar-refractivity contribution in [1.82, 2.24) is 19.9 Å². The zero-order valence-electron chi connectivity index (χ0n) is 11.5. The average molecular weight is 286 g/mol. The van der Waals surface area contributed by atoms with Crippen LogP contribution in [0.5, 0.6) is 0 Å². The van der Waals surface area contributed by atoms with E-state index in [4.69, 9.17) is 17.3 Å². The summed E-state index contributed by atoms with van der Waals surface area (Å²) in [7, 11) is 0. The summed E-state index contributed by atoms with van der Waals surface area (Å²) in [6.07, 6.45) is 3.69. The van der Waals surface area contributed by atoms with E-state index in [0.29, 0.717) is 13.1 Å². The fraction of sp³-hybridized carbons (Fsp3) is 0.583. The van der Waals surface area contributed by atoms with Gasteiger partial charge in [0.25, 0.3) is 0 Å². The first-order valence-electron chi connectivity index (χ1n) is 6.12. The summed E-state index contributed by atoms with van der Waals surface area (Å²) >= 11 is 5.76. The molecule has 0 bridgehead atoms. The molecule has 0 spiro atoms. The lowest BCUT2D eigenvalue weighted by Crippen LogP contribution is -2.38. The van der Waals surface area contributed by atoms with Gasteiger partial charge in [0.2, 0.25) is 5.91 Å². The van der Waals surface area contributed by atoms with E-state index in [2.05, 4.69) is 10.3 Å². The van der Waals surface area contributed by atoms with E-state index < -0.39 is 0 Å². The second-order valence-electron chi connectivity index (χ2n) is 4.69. The molecule has 1 aromatic rings. The van der Waals surface area contributed by atoms with Crippen molar-refractivity contribution in [3.05, 3.63) is 23.0 Å². The van der Waals surface area contributed by atoms with Crippen LogP contribution < -0.4 is 5.73 Å². The van der Waals surface area contributed by atoms with Gasteiger partial charge in [-0.15, -0.1) is 5.10 Å². The van der Waals surface area contributed by atoms with Crippen molar-refractivity contribution in [2.75, 3.05) is 6.54 Å². The number of halogens is 1. The Hall–Kier alpha value is -1.40. The SMILES string of the molecule is C/C(Cl)=C/Cn1cc(CN(CC(N)=O)C(C)C)nn1. The van der Waals surface area contributed by atoms with Crippen LogP contribution in [-0.2, 0) is 17.9 Å². The van der Waals surface area contributed by atoms with Crippen molar-refractivity contribution in [2.45, 2.75) is 39.9 Å². The molecule has 0 aliphatic carbocycles. The second-order valence-corrected chi connectivity index (χ2v) is 5.28. The highest BCUT2D eigenvalue weighted by Crippen LogP contribution is 2.06. The number of nitrogens with two attached hydrogens (primary N) is 1. The van der Waals surface area contributed by atoms with Gasteiger partial charge in [0.05, 0.1) is 25.0 Å².